The maximum Gasteiger partial charge on any atom is 0.407 e. The number of hydrogen-bond donors (Lipinski definition) is 2. The molecule has 20 heavy (non-hydrogen) atoms. The molecule has 2 rings (SSSR count). The molecule has 1 aromatic carbocycles. The monoisotopic (exact) mass is 302 g/mol. The molecule has 0 saturated carbocycles. The summed E-state index contributed by atoms with van der Waals surface area (Å²) in [6.45, 7) is 0.814. The average Bonchev–Trinajstić information content (AvgIpc) is 2.38. The number of piperidine rings is 1. The molecule has 6 nitrogen and oxygen atoms in total. The molecule has 1 saturated heterocycles. The first-order chi connectivity index (χ1) is 9.36. The van der Waals surface area contributed by atoms with Crippen LogP contribution < -0.4 is 5.32 Å². The van der Waals surface area contributed by atoms with Crippen LogP contribution in [0.25, 0.3) is 0 Å². The zero-order chi connectivity index (χ0) is 14.8. The van der Waals surface area contributed by atoms with Gasteiger partial charge in [-0.2, -0.15) is 8.42 Å². The molecule has 2 N–H and O–H groups in total. The summed E-state index contributed by atoms with van der Waals surface area (Å²) in [6, 6.07) is 5.32. The van der Waals surface area contributed by atoms with Crippen LogP contribution in [-0.2, 0) is 10.2 Å². The predicted molar refractivity (Wildman–Crippen MR) is 71.0 cm³/mol. The molecule has 0 aromatic heterocycles. The van der Waals surface area contributed by atoms with Gasteiger partial charge >= 0.3 is 16.3 Å². The first-order valence-corrected chi connectivity index (χ1v) is 7.54. The minimum Gasteiger partial charge on any atom is -0.465 e. The molecule has 1 aliphatic rings. The minimum atomic E-state index is -4.73. The van der Waals surface area contributed by atoms with Gasteiger partial charge in [-0.3, -0.25) is 0 Å². The van der Waals surface area contributed by atoms with Gasteiger partial charge in [-0.25, -0.2) is 4.79 Å². The van der Waals surface area contributed by atoms with Crippen LogP contribution >= 0.6 is 0 Å². The Balaban J connectivity index is 2.08. The molecule has 0 spiro atoms. The van der Waals surface area contributed by atoms with Crippen LogP contribution in [0.5, 0.6) is 0 Å². The summed E-state index contributed by atoms with van der Waals surface area (Å²) in [5, 5.41) is 12.0. The van der Waals surface area contributed by atoms with Crippen LogP contribution in [0.1, 0.15) is 12.8 Å². The average molecular weight is 302 g/mol. The zero-order valence-corrected chi connectivity index (χ0v) is 11.4. The summed E-state index contributed by atoms with van der Waals surface area (Å²) in [5.41, 5.74) is 0.459. The third-order valence-corrected chi connectivity index (χ3v) is 4.00. The number of rotatable bonds is 3. The second-order valence-electron chi connectivity index (χ2n) is 4.68. The summed E-state index contributed by atoms with van der Waals surface area (Å²) in [6.07, 6.45) is 0.526. The van der Waals surface area contributed by atoms with Crippen molar-refractivity contribution in [2.45, 2.75) is 23.8 Å². The smallest absolute Gasteiger partial charge is 0.407 e. The van der Waals surface area contributed by atoms with Crippen LogP contribution in [0.4, 0.5) is 14.4 Å². The quantitative estimate of drug-likeness (QED) is 0.833. The lowest BCUT2D eigenvalue weighted by molar-refractivity contribution is 0.133. The number of likely N-dealkylation sites (tertiary alicyclic amines) is 1. The standard InChI is InChI=1S/C12H15FN2O4S/c13-20(18,19)11-5-1-3-9(7-11)14-10-4-2-6-15(8-10)12(16)17/h1,3,5,7,10,14H,2,4,6,8H2,(H,16,17)/t10-/m1/s1. The van der Waals surface area contributed by atoms with Crippen LogP contribution in [-0.4, -0.2) is 43.6 Å². The minimum absolute atomic E-state index is 0.114. The molecule has 1 aliphatic heterocycles. The summed E-state index contributed by atoms with van der Waals surface area (Å²) in [4.78, 5) is 11.8. The summed E-state index contributed by atoms with van der Waals surface area (Å²) in [7, 11) is -4.73. The van der Waals surface area contributed by atoms with Gasteiger partial charge in [0.25, 0.3) is 0 Å². The first-order valence-electron chi connectivity index (χ1n) is 6.15. The fraction of sp³-hybridized carbons (Fsp3) is 0.417. The van der Waals surface area contributed by atoms with Crippen molar-refractivity contribution < 1.29 is 22.2 Å². The van der Waals surface area contributed by atoms with Gasteiger partial charge in [0.1, 0.15) is 4.90 Å². The number of anilines is 1. The lowest BCUT2D eigenvalue weighted by atomic mass is 10.1. The number of nitrogens with zero attached hydrogens (tertiary/aromatic N) is 1. The molecule has 0 bridgehead atoms. The number of carbonyl (C=O) groups is 1. The van der Waals surface area contributed by atoms with Crippen molar-refractivity contribution >= 4 is 22.0 Å². The van der Waals surface area contributed by atoms with Gasteiger partial charge in [-0.05, 0) is 31.0 Å². The van der Waals surface area contributed by atoms with Crippen LogP contribution in [0, 0.1) is 0 Å². The molecule has 1 heterocycles. The Morgan fingerprint density at radius 3 is 2.85 bits per heavy atom. The maximum absolute atomic E-state index is 12.9. The van der Waals surface area contributed by atoms with Crippen molar-refractivity contribution in [2.24, 2.45) is 0 Å². The molecule has 0 unspecified atom stereocenters. The highest BCUT2D eigenvalue weighted by atomic mass is 32.3. The number of benzene rings is 1. The zero-order valence-electron chi connectivity index (χ0n) is 10.6. The topological polar surface area (TPSA) is 86.7 Å². The molecule has 0 radical (unpaired) electrons. The van der Waals surface area contributed by atoms with Gasteiger partial charge in [0.2, 0.25) is 0 Å². The first kappa shape index (κ1) is 14.6. The highest BCUT2D eigenvalue weighted by Crippen LogP contribution is 2.20. The number of amides is 1. The van der Waals surface area contributed by atoms with E-state index in [0.29, 0.717) is 18.8 Å². The lowest BCUT2D eigenvalue weighted by Crippen LogP contribution is -2.44. The summed E-state index contributed by atoms with van der Waals surface area (Å²) < 4.78 is 34.6. The van der Waals surface area contributed by atoms with Gasteiger partial charge in [0.15, 0.2) is 0 Å². The second-order valence-corrected chi connectivity index (χ2v) is 6.02. The third kappa shape index (κ3) is 3.60. The van der Waals surface area contributed by atoms with E-state index in [0.717, 1.165) is 12.8 Å². The fourth-order valence-electron chi connectivity index (χ4n) is 2.24. The second kappa shape index (κ2) is 5.66. The highest BCUT2D eigenvalue weighted by molar-refractivity contribution is 7.86. The molecule has 1 fully saturated rings. The van der Waals surface area contributed by atoms with E-state index >= 15 is 0 Å². The molecule has 1 atom stereocenters. The number of nitrogens with one attached hydrogen (secondary N) is 1. The van der Waals surface area contributed by atoms with E-state index in [1.807, 2.05) is 0 Å². The van der Waals surface area contributed by atoms with Crippen molar-refractivity contribution in [1.82, 2.24) is 4.90 Å². The molecule has 1 amide bonds. The number of carboxylic acid groups (broad SMARTS) is 1. The molecular weight excluding hydrogens is 287 g/mol. The van der Waals surface area contributed by atoms with Gasteiger partial charge < -0.3 is 15.3 Å². The molecular formula is C12H15FN2O4S. The van der Waals surface area contributed by atoms with Crippen molar-refractivity contribution in [3.05, 3.63) is 24.3 Å². The van der Waals surface area contributed by atoms with Gasteiger partial charge in [0, 0.05) is 24.8 Å². The van der Waals surface area contributed by atoms with E-state index in [4.69, 9.17) is 5.11 Å². The highest BCUT2D eigenvalue weighted by Gasteiger charge is 2.23. The Hall–Kier alpha value is -1.83. The Morgan fingerprint density at radius 1 is 1.45 bits per heavy atom. The molecule has 0 aliphatic carbocycles. The van der Waals surface area contributed by atoms with E-state index in [1.165, 1.54) is 23.1 Å². The summed E-state index contributed by atoms with van der Waals surface area (Å²) in [5.74, 6) is 0. The predicted octanol–water partition coefficient (Wildman–Crippen LogP) is 1.90. The van der Waals surface area contributed by atoms with E-state index in [9.17, 15) is 17.1 Å². The van der Waals surface area contributed by atoms with Crippen molar-refractivity contribution in [3.63, 3.8) is 0 Å². The third-order valence-electron chi connectivity index (χ3n) is 3.18. The lowest BCUT2D eigenvalue weighted by Gasteiger charge is -2.31. The molecule has 110 valence electrons. The van der Waals surface area contributed by atoms with Crippen molar-refractivity contribution in [2.75, 3.05) is 18.4 Å². The largest absolute Gasteiger partial charge is 0.465 e. The number of hydrogen-bond acceptors (Lipinski definition) is 4. The van der Waals surface area contributed by atoms with Gasteiger partial charge in [0.05, 0.1) is 0 Å². The Morgan fingerprint density at radius 2 is 2.20 bits per heavy atom. The SMILES string of the molecule is O=C(O)N1CCC[C@@H](Nc2cccc(S(=O)(=O)F)c2)C1. The van der Waals surface area contributed by atoms with E-state index in [2.05, 4.69) is 5.32 Å². The fourth-order valence-corrected chi connectivity index (χ4v) is 2.75. The molecule has 1 aromatic rings. The normalized spacial score (nSPS) is 19.6. The van der Waals surface area contributed by atoms with Gasteiger partial charge in [-0.1, -0.05) is 6.07 Å². The Labute approximate surface area is 116 Å². The van der Waals surface area contributed by atoms with Crippen LogP contribution in [0.2, 0.25) is 0 Å². The van der Waals surface area contributed by atoms with E-state index in [-0.39, 0.29) is 6.04 Å². The number of halogens is 1. The van der Waals surface area contributed by atoms with E-state index in [1.54, 1.807) is 6.07 Å². The van der Waals surface area contributed by atoms with Gasteiger partial charge in [-0.15, -0.1) is 3.89 Å². The van der Waals surface area contributed by atoms with Crippen molar-refractivity contribution in [1.29, 1.82) is 0 Å². The molecule has 8 heteroatoms. The van der Waals surface area contributed by atoms with E-state index < -0.39 is 21.2 Å². The Bertz CT molecular complexity index is 605. The van der Waals surface area contributed by atoms with Crippen molar-refractivity contribution in [3.8, 4) is 0 Å². The Kier molecular flexibility index (Phi) is 4.12. The van der Waals surface area contributed by atoms with Crippen LogP contribution in [0.15, 0.2) is 29.2 Å². The maximum atomic E-state index is 12.9. The summed E-state index contributed by atoms with van der Waals surface area (Å²) >= 11 is 0. The van der Waals surface area contributed by atoms with Crippen LogP contribution in [0.3, 0.4) is 0 Å².